The first-order valence-electron chi connectivity index (χ1n) is 6.57. The van der Waals surface area contributed by atoms with Crippen molar-refractivity contribution in [3.05, 3.63) is 28.2 Å². The number of anilines is 1. The lowest BCUT2D eigenvalue weighted by Crippen LogP contribution is -2.58. The third kappa shape index (κ3) is 2.63. The third-order valence-corrected chi connectivity index (χ3v) is 4.66. The summed E-state index contributed by atoms with van der Waals surface area (Å²) in [6.07, 6.45) is 1.28. The molecule has 4 heteroatoms. The average Bonchev–Trinajstić information content (AvgIpc) is 2.38. The molecule has 3 nitrogen and oxygen atoms in total. The zero-order valence-corrected chi connectivity index (χ0v) is 13.1. The van der Waals surface area contributed by atoms with Gasteiger partial charge in [-0.1, -0.05) is 19.9 Å². The molecule has 2 atom stereocenters. The molecule has 102 valence electrons. The highest BCUT2D eigenvalue weighted by atomic mass is 79.9. The Kier molecular flexibility index (Phi) is 4.17. The summed E-state index contributed by atoms with van der Waals surface area (Å²) in [6.45, 7) is 7.19. The van der Waals surface area contributed by atoms with E-state index in [1.807, 2.05) is 25.1 Å². The number of nitrogens with one attached hydrogen (secondary N) is 1. The quantitative estimate of drug-likeness (QED) is 0.913. The van der Waals surface area contributed by atoms with Gasteiger partial charge < -0.3 is 10.1 Å². The molecule has 1 fully saturated rings. The minimum absolute atomic E-state index is 0.0883. The fourth-order valence-electron chi connectivity index (χ4n) is 2.56. The number of halogens is 1. The third-order valence-electron chi connectivity index (χ3n) is 4.00. The van der Waals surface area contributed by atoms with E-state index in [1.165, 1.54) is 0 Å². The topological polar surface area (TPSA) is 45.0 Å². The highest BCUT2D eigenvalue weighted by Crippen LogP contribution is 2.44. The molecular weight excluding hydrogens is 304 g/mol. The van der Waals surface area contributed by atoms with Crippen molar-refractivity contribution in [3.8, 4) is 6.07 Å². The van der Waals surface area contributed by atoms with E-state index in [-0.39, 0.29) is 5.41 Å². The molecule has 0 aliphatic heterocycles. The van der Waals surface area contributed by atoms with E-state index in [9.17, 15) is 5.26 Å². The molecule has 1 aromatic rings. The summed E-state index contributed by atoms with van der Waals surface area (Å²) in [6, 6.07) is 8.36. The molecule has 0 radical (unpaired) electrons. The van der Waals surface area contributed by atoms with Gasteiger partial charge in [0, 0.05) is 22.5 Å². The average molecular weight is 323 g/mol. The van der Waals surface area contributed by atoms with Gasteiger partial charge in [0.25, 0.3) is 0 Å². The second-order valence-corrected chi connectivity index (χ2v) is 6.33. The van der Waals surface area contributed by atoms with Gasteiger partial charge in [0.1, 0.15) is 6.07 Å². The molecule has 1 aliphatic carbocycles. The molecule has 0 spiro atoms. The normalized spacial score (nSPS) is 24.4. The summed E-state index contributed by atoms with van der Waals surface area (Å²) in [5.74, 6) is 0. The predicted octanol–water partition coefficient (Wildman–Crippen LogP) is 3.94. The SMILES string of the molecule is CCOC1CC(Nc2cccc(Br)c2C#N)C1(C)C. The van der Waals surface area contributed by atoms with Crippen LogP contribution in [0.25, 0.3) is 0 Å². The second-order valence-electron chi connectivity index (χ2n) is 5.47. The zero-order valence-electron chi connectivity index (χ0n) is 11.5. The minimum atomic E-state index is 0.0883. The Labute approximate surface area is 123 Å². The number of rotatable bonds is 4. The summed E-state index contributed by atoms with van der Waals surface area (Å²) in [5, 5.41) is 12.7. The molecule has 1 saturated carbocycles. The summed E-state index contributed by atoms with van der Waals surface area (Å²) in [4.78, 5) is 0. The van der Waals surface area contributed by atoms with Crippen molar-refractivity contribution in [2.75, 3.05) is 11.9 Å². The first-order chi connectivity index (χ1) is 9.00. The largest absolute Gasteiger partial charge is 0.380 e. The number of benzene rings is 1. The lowest BCUT2D eigenvalue weighted by molar-refractivity contribution is -0.0976. The van der Waals surface area contributed by atoms with Gasteiger partial charge in [-0.3, -0.25) is 0 Å². The van der Waals surface area contributed by atoms with Gasteiger partial charge in [-0.15, -0.1) is 0 Å². The van der Waals surface area contributed by atoms with Crippen molar-refractivity contribution < 1.29 is 4.74 Å². The Hall–Kier alpha value is -1.05. The zero-order chi connectivity index (χ0) is 14.0. The van der Waals surface area contributed by atoms with E-state index in [0.29, 0.717) is 17.7 Å². The van der Waals surface area contributed by atoms with Crippen molar-refractivity contribution in [3.63, 3.8) is 0 Å². The van der Waals surface area contributed by atoms with Crippen LogP contribution in [0.15, 0.2) is 22.7 Å². The summed E-state index contributed by atoms with van der Waals surface area (Å²) in [5.41, 5.74) is 1.65. The van der Waals surface area contributed by atoms with E-state index in [0.717, 1.165) is 23.2 Å². The Morgan fingerprint density at radius 1 is 1.53 bits per heavy atom. The molecule has 1 aromatic carbocycles. The van der Waals surface area contributed by atoms with Crippen LogP contribution in [0.2, 0.25) is 0 Å². The number of nitriles is 1. The molecule has 2 unspecified atom stereocenters. The van der Waals surface area contributed by atoms with E-state index < -0.39 is 0 Å². The van der Waals surface area contributed by atoms with Crippen molar-refractivity contribution in [1.82, 2.24) is 0 Å². The maximum atomic E-state index is 9.22. The van der Waals surface area contributed by atoms with Crippen LogP contribution in [0.1, 0.15) is 32.8 Å². The first-order valence-corrected chi connectivity index (χ1v) is 7.36. The minimum Gasteiger partial charge on any atom is -0.380 e. The van der Waals surface area contributed by atoms with Gasteiger partial charge in [0.05, 0.1) is 17.4 Å². The van der Waals surface area contributed by atoms with Crippen LogP contribution in [0.4, 0.5) is 5.69 Å². The van der Waals surface area contributed by atoms with Gasteiger partial charge in [-0.2, -0.15) is 5.26 Å². The number of hydrogen-bond acceptors (Lipinski definition) is 3. The van der Waals surface area contributed by atoms with Gasteiger partial charge in [0.2, 0.25) is 0 Å². The van der Waals surface area contributed by atoms with Crippen LogP contribution in [-0.4, -0.2) is 18.8 Å². The van der Waals surface area contributed by atoms with Crippen LogP contribution < -0.4 is 5.32 Å². The first kappa shape index (κ1) is 14.4. The summed E-state index contributed by atoms with van der Waals surface area (Å²) >= 11 is 3.42. The molecule has 2 rings (SSSR count). The van der Waals surface area contributed by atoms with Crippen molar-refractivity contribution in [2.24, 2.45) is 5.41 Å². The number of nitrogens with zero attached hydrogens (tertiary/aromatic N) is 1. The van der Waals surface area contributed by atoms with Gasteiger partial charge in [-0.05, 0) is 41.4 Å². The van der Waals surface area contributed by atoms with Gasteiger partial charge in [-0.25, -0.2) is 0 Å². The molecule has 0 amide bonds. The van der Waals surface area contributed by atoms with Gasteiger partial charge in [0.15, 0.2) is 0 Å². The van der Waals surface area contributed by atoms with Crippen molar-refractivity contribution in [1.29, 1.82) is 5.26 Å². The molecule has 19 heavy (non-hydrogen) atoms. The van der Waals surface area contributed by atoms with Crippen LogP contribution in [-0.2, 0) is 4.74 Å². The van der Waals surface area contributed by atoms with E-state index >= 15 is 0 Å². The van der Waals surface area contributed by atoms with E-state index in [4.69, 9.17) is 4.74 Å². The highest BCUT2D eigenvalue weighted by Gasteiger charge is 2.49. The molecule has 1 aliphatic rings. The van der Waals surface area contributed by atoms with E-state index in [2.05, 4.69) is 41.2 Å². The fraction of sp³-hybridized carbons (Fsp3) is 0.533. The lowest BCUT2D eigenvalue weighted by atomic mass is 9.64. The Bertz CT molecular complexity index is 507. The molecule has 0 aromatic heterocycles. The number of hydrogen-bond donors (Lipinski definition) is 1. The monoisotopic (exact) mass is 322 g/mol. The van der Waals surface area contributed by atoms with Crippen molar-refractivity contribution >= 4 is 21.6 Å². The standard InChI is InChI=1S/C15H19BrN2O/c1-4-19-14-8-13(15(14,2)3)18-12-7-5-6-11(16)10(12)9-17/h5-7,13-14,18H,4,8H2,1-3H3. The van der Waals surface area contributed by atoms with Crippen LogP contribution in [0.3, 0.4) is 0 Å². The number of ether oxygens (including phenoxy) is 1. The van der Waals surface area contributed by atoms with Crippen LogP contribution >= 0.6 is 15.9 Å². The Morgan fingerprint density at radius 3 is 2.84 bits per heavy atom. The molecule has 0 heterocycles. The molecule has 0 bridgehead atoms. The van der Waals surface area contributed by atoms with Crippen LogP contribution in [0.5, 0.6) is 0 Å². The molecule has 0 saturated heterocycles. The van der Waals surface area contributed by atoms with E-state index in [1.54, 1.807) is 0 Å². The van der Waals surface area contributed by atoms with Gasteiger partial charge >= 0.3 is 0 Å². The summed E-state index contributed by atoms with van der Waals surface area (Å²) in [7, 11) is 0. The Morgan fingerprint density at radius 2 is 2.26 bits per heavy atom. The van der Waals surface area contributed by atoms with Crippen LogP contribution in [0, 0.1) is 16.7 Å². The smallest absolute Gasteiger partial charge is 0.103 e. The van der Waals surface area contributed by atoms with Crippen molar-refractivity contribution in [2.45, 2.75) is 39.3 Å². The predicted molar refractivity (Wildman–Crippen MR) is 80.1 cm³/mol. The molecule has 1 N–H and O–H groups in total. The maximum absolute atomic E-state index is 9.22. The fourth-order valence-corrected chi connectivity index (χ4v) is 3.02. The lowest BCUT2D eigenvalue weighted by Gasteiger charge is -2.52. The molecular formula is C15H19BrN2O. The highest BCUT2D eigenvalue weighted by molar-refractivity contribution is 9.10. The summed E-state index contributed by atoms with van der Waals surface area (Å²) < 4.78 is 6.56. The Balaban J connectivity index is 2.12. The maximum Gasteiger partial charge on any atom is 0.103 e. The second kappa shape index (κ2) is 5.52.